The third-order valence-electron chi connectivity index (χ3n) is 4.33. The molecule has 0 aliphatic heterocycles. The van der Waals surface area contributed by atoms with Gasteiger partial charge in [0.15, 0.2) is 5.58 Å². The first kappa shape index (κ1) is 13.2. The quantitative estimate of drug-likeness (QED) is 0.649. The molecule has 0 atom stereocenters. The average Bonchev–Trinajstić information content (AvgIpc) is 2.90. The number of benzene rings is 2. The van der Waals surface area contributed by atoms with Crippen LogP contribution in [-0.4, -0.2) is 0 Å². The maximum absolute atomic E-state index is 6.11. The van der Waals surface area contributed by atoms with E-state index in [9.17, 15) is 0 Å². The van der Waals surface area contributed by atoms with Crippen LogP contribution in [-0.2, 0) is 6.42 Å². The summed E-state index contributed by atoms with van der Waals surface area (Å²) in [5.41, 5.74) is 6.98. The molecule has 22 heavy (non-hydrogen) atoms. The number of rotatable bonds is 2. The summed E-state index contributed by atoms with van der Waals surface area (Å²) in [5.74, 6) is 1.01. The average molecular weight is 289 g/mol. The molecule has 110 valence electrons. The van der Waals surface area contributed by atoms with Gasteiger partial charge in [-0.1, -0.05) is 35.9 Å². The summed E-state index contributed by atoms with van der Waals surface area (Å²) in [4.78, 5) is 0. The number of aryl methyl sites for hydroxylation is 3. The van der Waals surface area contributed by atoms with Crippen LogP contribution in [0.25, 0.3) is 17.0 Å². The highest BCUT2D eigenvalue weighted by molar-refractivity contribution is 5.95. The number of furan rings is 1. The van der Waals surface area contributed by atoms with Gasteiger partial charge in [-0.3, -0.25) is 0 Å². The Morgan fingerprint density at radius 3 is 2.82 bits per heavy atom. The summed E-state index contributed by atoms with van der Waals surface area (Å²) < 4.78 is 6.11. The van der Waals surface area contributed by atoms with Crippen LogP contribution in [0, 0.1) is 13.8 Å². The fourth-order valence-electron chi connectivity index (χ4n) is 3.20. The lowest BCUT2D eigenvalue weighted by molar-refractivity contribution is 0.596. The molecule has 0 fully saturated rings. The molecular weight excluding hydrogens is 270 g/mol. The van der Waals surface area contributed by atoms with Crippen LogP contribution >= 0.6 is 0 Å². The fourth-order valence-corrected chi connectivity index (χ4v) is 3.20. The third-order valence-corrected chi connectivity index (χ3v) is 4.33. The topological polar surface area (TPSA) is 25.2 Å². The van der Waals surface area contributed by atoms with Crippen LogP contribution in [0.5, 0.6) is 0 Å². The van der Waals surface area contributed by atoms with E-state index in [1.807, 2.05) is 0 Å². The van der Waals surface area contributed by atoms with Gasteiger partial charge in [0.25, 0.3) is 0 Å². The van der Waals surface area contributed by atoms with E-state index in [2.05, 4.69) is 67.7 Å². The fraction of sp³-hybridized carbons (Fsp3) is 0.200. The normalized spacial score (nSPS) is 13.4. The highest BCUT2D eigenvalue weighted by Gasteiger charge is 2.16. The van der Waals surface area contributed by atoms with Crippen molar-refractivity contribution in [2.75, 3.05) is 5.32 Å². The third kappa shape index (κ3) is 2.12. The monoisotopic (exact) mass is 289 g/mol. The van der Waals surface area contributed by atoms with Crippen molar-refractivity contribution in [1.29, 1.82) is 0 Å². The first-order chi connectivity index (χ1) is 10.7. The summed E-state index contributed by atoms with van der Waals surface area (Å²) in [5, 5.41) is 4.76. The van der Waals surface area contributed by atoms with Gasteiger partial charge in [-0.2, -0.15) is 0 Å². The van der Waals surface area contributed by atoms with Crippen molar-refractivity contribution in [3.63, 3.8) is 0 Å². The van der Waals surface area contributed by atoms with Gasteiger partial charge in [0.2, 0.25) is 0 Å². The standard InChI is InChI=1S/C20H19NO/c1-13-10-11-17(14(2)12-13)21-18-8-5-7-16-15-6-3-4-9-19(15)22-20(16)18/h4-5,7-12,21H,3,6H2,1-2H3. The lowest BCUT2D eigenvalue weighted by Crippen LogP contribution is -1.94. The number of hydrogen-bond acceptors (Lipinski definition) is 2. The molecular formula is C20H19NO. The molecule has 1 N–H and O–H groups in total. The smallest absolute Gasteiger partial charge is 0.158 e. The van der Waals surface area contributed by atoms with Gasteiger partial charge in [-0.05, 0) is 50.5 Å². The number of para-hydroxylation sites is 1. The molecule has 1 aliphatic rings. The van der Waals surface area contributed by atoms with Crippen LogP contribution in [0.15, 0.2) is 46.9 Å². The van der Waals surface area contributed by atoms with Gasteiger partial charge in [-0.15, -0.1) is 0 Å². The van der Waals surface area contributed by atoms with Gasteiger partial charge in [0.05, 0.1) is 5.69 Å². The largest absolute Gasteiger partial charge is 0.454 e. The van der Waals surface area contributed by atoms with Gasteiger partial charge < -0.3 is 9.73 Å². The van der Waals surface area contributed by atoms with Crippen molar-refractivity contribution < 1.29 is 4.42 Å². The van der Waals surface area contributed by atoms with E-state index in [0.717, 1.165) is 35.6 Å². The molecule has 3 aromatic rings. The lowest BCUT2D eigenvalue weighted by Gasteiger charge is -2.10. The minimum atomic E-state index is 0.957. The first-order valence-corrected chi connectivity index (χ1v) is 7.77. The second-order valence-electron chi connectivity index (χ2n) is 6.01. The van der Waals surface area contributed by atoms with E-state index in [4.69, 9.17) is 4.42 Å². The van der Waals surface area contributed by atoms with Crippen molar-refractivity contribution >= 4 is 28.4 Å². The number of fused-ring (bicyclic) bond motifs is 3. The van der Waals surface area contributed by atoms with E-state index < -0.39 is 0 Å². The SMILES string of the molecule is Cc1ccc(Nc2cccc3c4c(oc23)C=CCC4)c(C)c1. The maximum Gasteiger partial charge on any atom is 0.158 e. The predicted molar refractivity (Wildman–Crippen MR) is 92.8 cm³/mol. The number of allylic oxidation sites excluding steroid dienone is 1. The number of hydrogen-bond donors (Lipinski definition) is 1. The highest BCUT2D eigenvalue weighted by atomic mass is 16.3. The van der Waals surface area contributed by atoms with Crippen LogP contribution in [0.1, 0.15) is 28.9 Å². The van der Waals surface area contributed by atoms with E-state index in [1.54, 1.807) is 0 Å². The Morgan fingerprint density at radius 1 is 1.05 bits per heavy atom. The first-order valence-electron chi connectivity index (χ1n) is 7.77. The summed E-state index contributed by atoms with van der Waals surface area (Å²) in [7, 11) is 0. The van der Waals surface area contributed by atoms with E-state index >= 15 is 0 Å². The maximum atomic E-state index is 6.11. The van der Waals surface area contributed by atoms with Crippen LogP contribution in [0.4, 0.5) is 11.4 Å². The molecule has 0 radical (unpaired) electrons. The van der Waals surface area contributed by atoms with Gasteiger partial charge in [0, 0.05) is 16.6 Å². The summed E-state index contributed by atoms with van der Waals surface area (Å²) in [6.45, 7) is 4.25. The molecule has 0 bridgehead atoms. The molecule has 2 aromatic carbocycles. The Hall–Kier alpha value is -2.48. The Morgan fingerprint density at radius 2 is 1.95 bits per heavy atom. The van der Waals surface area contributed by atoms with Gasteiger partial charge in [0.1, 0.15) is 5.76 Å². The molecule has 4 rings (SSSR count). The van der Waals surface area contributed by atoms with E-state index in [-0.39, 0.29) is 0 Å². The highest BCUT2D eigenvalue weighted by Crippen LogP contribution is 2.36. The van der Waals surface area contributed by atoms with Crippen molar-refractivity contribution in [3.05, 3.63) is 64.9 Å². The number of nitrogens with one attached hydrogen (secondary N) is 1. The number of anilines is 2. The van der Waals surface area contributed by atoms with Crippen molar-refractivity contribution in [1.82, 2.24) is 0 Å². The summed E-state index contributed by atoms with van der Waals surface area (Å²) >= 11 is 0. The molecule has 1 heterocycles. The van der Waals surface area contributed by atoms with E-state index in [1.165, 1.54) is 22.1 Å². The van der Waals surface area contributed by atoms with Crippen LogP contribution in [0.2, 0.25) is 0 Å². The molecule has 0 saturated heterocycles. The van der Waals surface area contributed by atoms with E-state index in [0.29, 0.717) is 0 Å². The summed E-state index contributed by atoms with van der Waals surface area (Å²) in [6, 6.07) is 12.8. The lowest BCUT2D eigenvalue weighted by atomic mass is 10.0. The molecule has 0 amide bonds. The predicted octanol–water partition coefficient (Wildman–Crippen LogP) is 5.75. The molecule has 2 nitrogen and oxygen atoms in total. The second kappa shape index (κ2) is 5.06. The minimum Gasteiger partial charge on any atom is -0.454 e. The Kier molecular flexibility index (Phi) is 3.04. The zero-order valence-corrected chi connectivity index (χ0v) is 12.9. The summed E-state index contributed by atoms with van der Waals surface area (Å²) in [6.07, 6.45) is 6.43. The van der Waals surface area contributed by atoms with Crippen LogP contribution in [0.3, 0.4) is 0 Å². The Balaban J connectivity index is 1.82. The molecule has 0 unspecified atom stereocenters. The van der Waals surface area contributed by atoms with Crippen molar-refractivity contribution in [2.45, 2.75) is 26.7 Å². The second-order valence-corrected chi connectivity index (χ2v) is 6.01. The van der Waals surface area contributed by atoms with Crippen molar-refractivity contribution in [3.8, 4) is 0 Å². The molecule has 0 spiro atoms. The van der Waals surface area contributed by atoms with Crippen LogP contribution < -0.4 is 5.32 Å². The van der Waals surface area contributed by atoms with Crippen molar-refractivity contribution in [2.24, 2.45) is 0 Å². The Labute approximate surface area is 130 Å². The zero-order valence-electron chi connectivity index (χ0n) is 12.9. The molecule has 2 heteroatoms. The minimum absolute atomic E-state index is 0.957. The van der Waals surface area contributed by atoms with Gasteiger partial charge >= 0.3 is 0 Å². The molecule has 0 saturated carbocycles. The molecule has 1 aliphatic carbocycles. The Bertz CT molecular complexity index is 886. The van der Waals surface area contributed by atoms with Gasteiger partial charge in [-0.25, -0.2) is 0 Å². The molecule has 1 aromatic heterocycles. The zero-order chi connectivity index (χ0) is 15.1.